The number of carbonyl (C=O) groups is 3. The van der Waals surface area contributed by atoms with Crippen molar-refractivity contribution in [3.8, 4) is 0 Å². The predicted octanol–water partition coefficient (Wildman–Crippen LogP) is 3.33. The Bertz CT molecular complexity index is 1420. The smallest absolute Gasteiger partial charge is 0.251 e. The second-order valence-electron chi connectivity index (χ2n) is 9.70. The minimum absolute atomic E-state index is 0.0399. The second-order valence-corrected chi connectivity index (χ2v) is 9.70. The van der Waals surface area contributed by atoms with Crippen LogP contribution in [0.25, 0.3) is 0 Å². The molecule has 1 unspecified atom stereocenters. The van der Waals surface area contributed by atoms with E-state index in [0.29, 0.717) is 35.2 Å². The molecule has 8 nitrogen and oxygen atoms in total. The molecule has 0 spiro atoms. The molecule has 0 bridgehead atoms. The zero-order chi connectivity index (χ0) is 26.8. The minimum atomic E-state index is -1.06. The number of hydrogen-bond acceptors (Lipinski definition) is 6. The molecular weight excluding hydrogens is 489 g/mol. The van der Waals surface area contributed by atoms with Gasteiger partial charge in [-0.05, 0) is 85.3 Å². The summed E-state index contributed by atoms with van der Waals surface area (Å²) in [6.07, 6.45) is 1.82. The Kier molecular flexibility index (Phi) is 7.22. The number of benzene rings is 3. The van der Waals surface area contributed by atoms with Crippen LogP contribution < -0.4 is 16.0 Å². The molecule has 196 valence electrons. The number of anilines is 3. The van der Waals surface area contributed by atoms with Crippen LogP contribution in [0.4, 0.5) is 21.5 Å². The highest BCUT2D eigenvalue weighted by molar-refractivity contribution is 6.12. The van der Waals surface area contributed by atoms with E-state index in [4.69, 9.17) is 5.11 Å². The Balaban J connectivity index is 1.33. The van der Waals surface area contributed by atoms with Gasteiger partial charge in [-0.3, -0.25) is 14.4 Å². The number of rotatable bonds is 8. The third kappa shape index (κ3) is 5.58. The van der Waals surface area contributed by atoms with Gasteiger partial charge in [0.1, 0.15) is 5.82 Å². The van der Waals surface area contributed by atoms with Crippen LogP contribution in [0.15, 0.2) is 54.6 Å². The van der Waals surface area contributed by atoms with Crippen LogP contribution >= 0.6 is 0 Å². The predicted molar refractivity (Wildman–Crippen MR) is 140 cm³/mol. The monoisotopic (exact) mass is 517 g/mol. The number of aliphatic hydroxyl groups is 2. The summed E-state index contributed by atoms with van der Waals surface area (Å²) in [5.41, 5.74) is 4.41. The molecule has 5 N–H and O–H groups in total. The maximum Gasteiger partial charge on any atom is 0.251 e. The zero-order valence-electron chi connectivity index (χ0n) is 20.6. The van der Waals surface area contributed by atoms with Gasteiger partial charge in [-0.15, -0.1) is 0 Å². The van der Waals surface area contributed by atoms with Gasteiger partial charge < -0.3 is 26.2 Å². The van der Waals surface area contributed by atoms with Crippen molar-refractivity contribution < 1.29 is 29.0 Å². The molecule has 1 fully saturated rings. The van der Waals surface area contributed by atoms with Gasteiger partial charge in [0.2, 0.25) is 5.91 Å². The fourth-order valence-corrected chi connectivity index (χ4v) is 4.48. The Morgan fingerprint density at radius 3 is 2.45 bits per heavy atom. The lowest BCUT2D eigenvalue weighted by Crippen LogP contribution is -2.34. The van der Waals surface area contributed by atoms with E-state index in [1.165, 1.54) is 6.07 Å². The van der Waals surface area contributed by atoms with Crippen molar-refractivity contribution in [2.45, 2.75) is 31.8 Å². The third-order valence-corrected chi connectivity index (χ3v) is 6.80. The number of hydrogen-bond donors (Lipinski definition) is 5. The molecule has 0 radical (unpaired) electrons. The highest BCUT2D eigenvalue weighted by Crippen LogP contribution is 2.32. The summed E-state index contributed by atoms with van der Waals surface area (Å²) in [6.45, 7) is -0.558. The molecule has 0 aromatic heterocycles. The molecule has 0 saturated heterocycles. The van der Waals surface area contributed by atoms with Crippen LogP contribution in [0.1, 0.15) is 50.2 Å². The van der Waals surface area contributed by atoms with Crippen molar-refractivity contribution in [2.24, 2.45) is 5.92 Å². The average Bonchev–Trinajstić information content (AvgIpc) is 3.78. The first-order valence-corrected chi connectivity index (χ1v) is 12.6. The average molecular weight is 518 g/mol. The van der Waals surface area contributed by atoms with Crippen LogP contribution in [0, 0.1) is 11.7 Å². The van der Waals surface area contributed by atoms with Crippen molar-refractivity contribution in [3.63, 3.8) is 0 Å². The lowest BCUT2D eigenvalue weighted by molar-refractivity contribution is -0.117. The first-order valence-electron chi connectivity index (χ1n) is 12.6. The summed E-state index contributed by atoms with van der Waals surface area (Å²) < 4.78 is 14.2. The van der Waals surface area contributed by atoms with Gasteiger partial charge in [-0.25, -0.2) is 4.39 Å². The molecule has 9 heteroatoms. The van der Waals surface area contributed by atoms with E-state index in [1.807, 2.05) is 6.07 Å². The number of aryl methyl sites for hydroxylation is 2. The van der Waals surface area contributed by atoms with Crippen LogP contribution in [-0.2, 0) is 17.6 Å². The molecule has 2 aliphatic carbocycles. The van der Waals surface area contributed by atoms with Crippen molar-refractivity contribution in [1.82, 2.24) is 5.32 Å². The van der Waals surface area contributed by atoms with E-state index < -0.39 is 24.4 Å². The molecular formula is C29H28FN3O5. The highest BCUT2D eigenvalue weighted by Gasteiger charge is 2.30. The number of ketones is 1. The van der Waals surface area contributed by atoms with E-state index >= 15 is 0 Å². The van der Waals surface area contributed by atoms with E-state index in [9.17, 15) is 23.9 Å². The van der Waals surface area contributed by atoms with Crippen LogP contribution in [0.2, 0.25) is 0 Å². The number of aliphatic hydroxyl groups excluding tert-OH is 2. The summed E-state index contributed by atoms with van der Waals surface area (Å²) in [5, 5.41) is 26.8. The van der Waals surface area contributed by atoms with E-state index in [2.05, 4.69) is 16.0 Å². The largest absolute Gasteiger partial charge is 0.394 e. The Labute approximate surface area is 218 Å². The number of fused-ring (bicyclic) bond motifs is 2. The maximum absolute atomic E-state index is 14.2. The molecule has 38 heavy (non-hydrogen) atoms. The van der Waals surface area contributed by atoms with Crippen LogP contribution in [0.3, 0.4) is 0 Å². The van der Waals surface area contributed by atoms with Gasteiger partial charge >= 0.3 is 0 Å². The van der Waals surface area contributed by atoms with E-state index in [1.54, 1.807) is 42.5 Å². The SMILES string of the molecule is O=C(NCC(O)CO)c1ccc2c(c1)C(=O)c1ccc(Nc3ccc(F)c(NC(=O)C4CC4)c3)cc1CC2. The number of amides is 2. The fourth-order valence-electron chi connectivity index (χ4n) is 4.48. The first-order chi connectivity index (χ1) is 18.3. The van der Waals surface area contributed by atoms with Crippen molar-refractivity contribution in [3.05, 3.63) is 88.2 Å². The second kappa shape index (κ2) is 10.7. The molecule has 2 aliphatic rings. The standard InChI is InChI=1S/C29H28FN3O5/c30-25-10-8-21(13-26(25)33-29(38)17-3-4-17)32-20-7-9-23-18(11-20)5-1-16-2-6-19(12-24(16)27(23)36)28(37)31-14-22(35)15-34/h2,6-13,17,22,32,34-35H,1,3-5,14-15H2,(H,31,37)(H,33,38). The molecule has 5 rings (SSSR count). The molecule has 3 aromatic carbocycles. The normalized spacial score (nSPS) is 15.1. The molecule has 2 amide bonds. The number of nitrogens with one attached hydrogen (secondary N) is 3. The lowest BCUT2D eigenvalue weighted by atomic mass is 9.96. The molecule has 3 aromatic rings. The summed E-state index contributed by atoms with van der Waals surface area (Å²) >= 11 is 0. The molecule has 0 heterocycles. The molecule has 1 saturated carbocycles. The quantitative estimate of drug-likeness (QED) is 0.312. The minimum Gasteiger partial charge on any atom is -0.394 e. The maximum atomic E-state index is 14.2. The molecule has 1 atom stereocenters. The van der Waals surface area contributed by atoms with Gasteiger partial charge in [0.25, 0.3) is 5.91 Å². The summed E-state index contributed by atoms with van der Waals surface area (Å²) in [7, 11) is 0. The van der Waals surface area contributed by atoms with Gasteiger partial charge in [0.15, 0.2) is 5.78 Å². The van der Waals surface area contributed by atoms with E-state index in [-0.39, 0.29) is 29.8 Å². The Morgan fingerprint density at radius 2 is 1.68 bits per heavy atom. The number of halogens is 1. The highest BCUT2D eigenvalue weighted by atomic mass is 19.1. The zero-order valence-corrected chi connectivity index (χ0v) is 20.6. The van der Waals surface area contributed by atoms with Crippen LogP contribution in [-0.4, -0.2) is 47.1 Å². The Hall–Kier alpha value is -4.08. The Morgan fingerprint density at radius 1 is 0.947 bits per heavy atom. The summed E-state index contributed by atoms with van der Waals surface area (Å²) in [6, 6.07) is 14.8. The third-order valence-electron chi connectivity index (χ3n) is 6.80. The summed E-state index contributed by atoms with van der Waals surface area (Å²) in [4.78, 5) is 38.0. The first kappa shape index (κ1) is 25.6. The van der Waals surface area contributed by atoms with E-state index in [0.717, 1.165) is 29.7 Å². The number of carbonyl (C=O) groups excluding carboxylic acids is 3. The van der Waals surface area contributed by atoms with Gasteiger partial charge in [-0.1, -0.05) is 6.07 Å². The van der Waals surface area contributed by atoms with Crippen LogP contribution in [0.5, 0.6) is 0 Å². The van der Waals surface area contributed by atoms with Crippen molar-refractivity contribution in [1.29, 1.82) is 0 Å². The molecule has 0 aliphatic heterocycles. The van der Waals surface area contributed by atoms with Gasteiger partial charge in [-0.2, -0.15) is 0 Å². The van der Waals surface area contributed by atoms with Gasteiger partial charge in [0, 0.05) is 40.5 Å². The summed E-state index contributed by atoms with van der Waals surface area (Å²) in [5.74, 6) is -1.35. The van der Waals surface area contributed by atoms with Crippen molar-refractivity contribution in [2.75, 3.05) is 23.8 Å². The lowest BCUT2D eigenvalue weighted by Gasteiger charge is -2.13. The van der Waals surface area contributed by atoms with Crippen molar-refractivity contribution >= 4 is 34.7 Å². The van der Waals surface area contributed by atoms with Gasteiger partial charge in [0.05, 0.1) is 18.4 Å². The fraction of sp³-hybridized carbons (Fsp3) is 0.276. The topological polar surface area (TPSA) is 128 Å².